The molecule has 0 bridgehead atoms. The Kier molecular flexibility index (Phi) is 4.53. The van der Waals surface area contributed by atoms with Gasteiger partial charge in [0.05, 0.1) is 4.90 Å². The van der Waals surface area contributed by atoms with Crippen molar-refractivity contribution in [3.63, 3.8) is 0 Å². The maximum absolute atomic E-state index is 12.2. The molecule has 0 radical (unpaired) electrons. The van der Waals surface area contributed by atoms with Crippen LogP contribution in [0.4, 0.5) is 0 Å². The first-order valence-electron chi connectivity index (χ1n) is 5.84. The topological polar surface area (TPSA) is 34.1 Å². The van der Waals surface area contributed by atoms with Crippen LogP contribution in [-0.4, -0.2) is 8.42 Å². The van der Waals surface area contributed by atoms with Crippen LogP contribution in [0.5, 0.6) is 0 Å². The minimum atomic E-state index is -3.51. The summed E-state index contributed by atoms with van der Waals surface area (Å²) in [6.07, 6.45) is 1.42. The van der Waals surface area contributed by atoms with Gasteiger partial charge in [0.25, 0.3) is 0 Å². The lowest BCUT2D eigenvalue weighted by Gasteiger charge is -2.02. The number of sulfone groups is 1. The van der Waals surface area contributed by atoms with E-state index in [4.69, 9.17) is 23.2 Å². The molecule has 0 N–H and O–H groups in total. The molecule has 5 heteroatoms. The molecule has 0 atom stereocenters. The second-order valence-electron chi connectivity index (χ2n) is 4.30. The van der Waals surface area contributed by atoms with E-state index >= 15 is 0 Å². The predicted octanol–water partition coefficient (Wildman–Crippen LogP) is 4.75. The molecule has 0 saturated carbocycles. The van der Waals surface area contributed by atoms with Crippen LogP contribution in [0.2, 0.25) is 10.0 Å². The second kappa shape index (κ2) is 6.00. The minimum Gasteiger partial charge on any atom is -0.219 e. The van der Waals surface area contributed by atoms with Gasteiger partial charge in [0, 0.05) is 21.0 Å². The van der Waals surface area contributed by atoms with Gasteiger partial charge in [-0.1, -0.05) is 47.0 Å². The highest BCUT2D eigenvalue weighted by Gasteiger charge is 2.10. The van der Waals surface area contributed by atoms with Gasteiger partial charge in [0.15, 0.2) is 9.84 Å². The first-order valence-corrected chi connectivity index (χ1v) is 8.14. The first kappa shape index (κ1) is 15.1. The van der Waals surface area contributed by atoms with Gasteiger partial charge in [-0.2, -0.15) is 0 Å². The summed E-state index contributed by atoms with van der Waals surface area (Å²) in [5, 5.41) is 1.94. The van der Waals surface area contributed by atoms with Gasteiger partial charge in [0.1, 0.15) is 0 Å². The third-order valence-electron chi connectivity index (χ3n) is 2.76. The molecule has 0 aliphatic rings. The van der Waals surface area contributed by atoms with Crippen molar-refractivity contribution in [2.75, 3.05) is 0 Å². The average Bonchev–Trinajstić information content (AvgIpc) is 2.38. The zero-order chi connectivity index (χ0) is 14.8. The maximum atomic E-state index is 12.2. The van der Waals surface area contributed by atoms with E-state index in [1.54, 1.807) is 42.5 Å². The van der Waals surface area contributed by atoms with Crippen molar-refractivity contribution in [3.8, 4) is 0 Å². The Morgan fingerprint density at radius 3 is 2.05 bits per heavy atom. The number of benzene rings is 2. The van der Waals surface area contributed by atoms with E-state index in [1.807, 2.05) is 6.92 Å². The van der Waals surface area contributed by atoms with Crippen LogP contribution in [0.3, 0.4) is 0 Å². The van der Waals surface area contributed by atoms with Crippen molar-refractivity contribution in [1.82, 2.24) is 0 Å². The fourth-order valence-corrected chi connectivity index (χ4v) is 3.15. The second-order valence-corrected chi connectivity index (χ2v) is 6.94. The summed E-state index contributed by atoms with van der Waals surface area (Å²) >= 11 is 12.0. The van der Waals surface area contributed by atoms with Crippen LogP contribution in [0, 0.1) is 6.92 Å². The molecule has 0 spiro atoms. The molecule has 0 aromatic heterocycles. The lowest BCUT2D eigenvalue weighted by Crippen LogP contribution is -1.96. The zero-order valence-electron chi connectivity index (χ0n) is 10.7. The molecule has 104 valence electrons. The molecule has 2 aromatic carbocycles. The first-order chi connectivity index (χ1) is 9.40. The summed E-state index contributed by atoms with van der Waals surface area (Å²) in [6.45, 7) is 1.90. The van der Waals surface area contributed by atoms with Gasteiger partial charge in [-0.25, -0.2) is 8.42 Å². The Morgan fingerprint density at radius 2 is 1.50 bits per heavy atom. The van der Waals surface area contributed by atoms with E-state index in [2.05, 4.69) is 0 Å². The lowest BCUT2D eigenvalue weighted by molar-refractivity contribution is 0.605. The molecule has 0 unspecified atom stereocenters. The Balaban J connectivity index is 2.37. The van der Waals surface area contributed by atoms with Crippen molar-refractivity contribution in [1.29, 1.82) is 0 Å². The molecule has 2 aromatic rings. The molecule has 0 amide bonds. The minimum absolute atomic E-state index is 0.238. The molecule has 0 saturated heterocycles. The molecule has 2 nitrogen and oxygen atoms in total. The van der Waals surface area contributed by atoms with Gasteiger partial charge in [0.2, 0.25) is 0 Å². The van der Waals surface area contributed by atoms with Crippen LogP contribution in [-0.2, 0) is 9.84 Å². The molecule has 0 fully saturated rings. The van der Waals surface area contributed by atoms with E-state index in [9.17, 15) is 8.42 Å². The smallest absolute Gasteiger partial charge is 0.199 e. The number of rotatable bonds is 3. The van der Waals surface area contributed by atoms with Crippen molar-refractivity contribution < 1.29 is 8.42 Å². The summed E-state index contributed by atoms with van der Waals surface area (Å²) in [6, 6.07) is 11.7. The fourth-order valence-electron chi connectivity index (χ4n) is 1.63. The van der Waals surface area contributed by atoms with Gasteiger partial charge >= 0.3 is 0 Å². The summed E-state index contributed by atoms with van der Waals surface area (Å²) in [7, 11) is -3.51. The van der Waals surface area contributed by atoms with E-state index in [0.717, 1.165) is 11.0 Å². The van der Waals surface area contributed by atoms with Gasteiger partial charge in [-0.15, -0.1) is 0 Å². The monoisotopic (exact) mass is 326 g/mol. The average molecular weight is 327 g/mol. The van der Waals surface area contributed by atoms with E-state index in [1.165, 1.54) is 6.08 Å². The number of halogens is 2. The molecule has 2 rings (SSSR count). The summed E-state index contributed by atoms with van der Waals surface area (Å²) in [4.78, 5) is 0.238. The number of hydrogen-bond donors (Lipinski definition) is 0. The van der Waals surface area contributed by atoms with Gasteiger partial charge in [-0.05, 0) is 37.3 Å². The zero-order valence-corrected chi connectivity index (χ0v) is 13.0. The molecule has 0 aliphatic carbocycles. The van der Waals surface area contributed by atoms with Crippen LogP contribution in [0.1, 0.15) is 11.1 Å². The SMILES string of the molecule is Cc1ccc(S(=O)(=O)/C=C/c2c(Cl)cccc2Cl)cc1. The third-order valence-corrected chi connectivity index (χ3v) is 4.85. The lowest BCUT2D eigenvalue weighted by atomic mass is 10.2. The molecular formula is C15H12Cl2O2S. The Labute approximate surface area is 128 Å². The van der Waals surface area contributed by atoms with Gasteiger partial charge in [-0.3, -0.25) is 0 Å². The molecule has 20 heavy (non-hydrogen) atoms. The third kappa shape index (κ3) is 3.42. The largest absolute Gasteiger partial charge is 0.219 e. The summed E-state index contributed by atoms with van der Waals surface area (Å²) in [5.41, 5.74) is 1.49. The predicted molar refractivity (Wildman–Crippen MR) is 83.9 cm³/mol. The normalized spacial score (nSPS) is 11.9. The quantitative estimate of drug-likeness (QED) is 0.815. The maximum Gasteiger partial charge on any atom is 0.199 e. The van der Waals surface area contributed by atoms with E-state index in [0.29, 0.717) is 15.6 Å². The van der Waals surface area contributed by atoms with Crippen LogP contribution < -0.4 is 0 Å². The molecule has 0 aliphatic heterocycles. The Hall–Kier alpha value is -1.29. The number of hydrogen-bond acceptors (Lipinski definition) is 2. The van der Waals surface area contributed by atoms with Crippen LogP contribution >= 0.6 is 23.2 Å². The van der Waals surface area contributed by atoms with E-state index < -0.39 is 9.84 Å². The molecule has 0 heterocycles. The van der Waals surface area contributed by atoms with Crippen LogP contribution in [0.25, 0.3) is 6.08 Å². The van der Waals surface area contributed by atoms with E-state index in [-0.39, 0.29) is 4.90 Å². The molecular weight excluding hydrogens is 315 g/mol. The van der Waals surface area contributed by atoms with Crippen molar-refractivity contribution in [3.05, 3.63) is 69.0 Å². The van der Waals surface area contributed by atoms with Crippen LogP contribution in [0.15, 0.2) is 52.8 Å². The fraction of sp³-hybridized carbons (Fsp3) is 0.0667. The highest BCUT2D eigenvalue weighted by molar-refractivity contribution is 7.94. The Bertz CT molecular complexity index is 728. The summed E-state index contributed by atoms with van der Waals surface area (Å²) in [5.74, 6) is 0. The van der Waals surface area contributed by atoms with Crippen molar-refractivity contribution in [2.45, 2.75) is 11.8 Å². The van der Waals surface area contributed by atoms with Crippen molar-refractivity contribution in [2.24, 2.45) is 0 Å². The highest BCUT2D eigenvalue weighted by Crippen LogP contribution is 2.26. The number of aryl methyl sites for hydroxylation is 1. The standard InChI is InChI=1S/C15H12Cl2O2S/c1-11-5-7-12(8-6-11)20(18,19)10-9-13-14(16)3-2-4-15(13)17/h2-10H,1H3/b10-9+. The summed E-state index contributed by atoms with van der Waals surface area (Å²) < 4.78 is 24.3. The van der Waals surface area contributed by atoms with Gasteiger partial charge < -0.3 is 0 Å². The van der Waals surface area contributed by atoms with Crippen molar-refractivity contribution >= 4 is 39.1 Å². The highest BCUT2D eigenvalue weighted by atomic mass is 35.5. The Morgan fingerprint density at radius 1 is 0.950 bits per heavy atom.